The zero-order valence-corrected chi connectivity index (χ0v) is 8.85. The lowest BCUT2D eigenvalue weighted by atomic mass is 10.1. The van der Waals surface area contributed by atoms with Gasteiger partial charge >= 0.3 is 6.18 Å². The van der Waals surface area contributed by atoms with Crippen LogP contribution in [0.1, 0.15) is 32.6 Å². The first-order valence-corrected chi connectivity index (χ1v) is 5.41. The molecule has 5 heteroatoms. The molecule has 1 aliphatic carbocycles. The maximum atomic E-state index is 12.0. The summed E-state index contributed by atoms with van der Waals surface area (Å²) in [4.78, 5) is 0. The molecule has 90 valence electrons. The molecule has 0 bridgehead atoms. The summed E-state index contributed by atoms with van der Waals surface area (Å²) in [6.45, 7) is 1.55. The zero-order chi connectivity index (χ0) is 11.5. The van der Waals surface area contributed by atoms with Crippen molar-refractivity contribution in [1.29, 1.82) is 0 Å². The minimum absolute atomic E-state index is 0.106. The minimum Gasteiger partial charge on any atom is -0.382 e. The average Bonchev–Trinajstić information content (AvgIpc) is 2.93. The molecule has 0 radical (unpaired) electrons. The molecule has 1 fully saturated rings. The lowest BCUT2D eigenvalue weighted by Crippen LogP contribution is -2.42. The Hall–Kier alpha value is -0.290. The number of rotatable bonds is 6. The predicted octanol–water partition coefficient (Wildman–Crippen LogP) is 2.08. The van der Waals surface area contributed by atoms with E-state index < -0.39 is 18.8 Å². The van der Waals surface area contributed by atoms with Crippen molar-refractivity contribution in [3.05, 3.63) is 0 Å². The third kappa shape index (κ3) is 4.84. The molecule has 0 saturated heterocycles. The molecule has 0 aromatic heterocycles. The van der Waals surface area contributed by atoms with Gasteiger partial charge in [0.05, 0.1) is 0 Å². The lowest BCUT2D eigenvalue weighted by molar-refractivity contribution is -0.202. The summed E-state index contributed by atoms with van der Waals surface area (Å²) in [7, 11) is 0. The molecule has 2 N–H and O–H groups in total. The van der Waals surface area contributed by atoms with Crippen LogP contribution in [0.2, 0.25) is 0 Å². The van der Waals surface area contributed by atoms with Gasteiger partial charge in [0.15, 0.2) is 6.10 Å². The Kier molecular flexibility index (Phi) is 4.40. The molecule has 2 unspecified atom stereocenters. The van der Waals surface area contributed by atoms with Crippen molar-refractivity contribution in [1.82, 2.24) is 5.32 Å². The monoisotopic (exact) mass is 225 g/mol. The summed E-state index contributed by atoms with van der Waals surface area (Å²) < 4.78 is 36.0. The summed E-state index contributed by atoms with van der Waals surface area (Å²) in [5.41, 5.74) is 0. The van der Waals surface area contributed by atoms with Gasteiger partial charge in [0.1, 0.15) is 0 Å². The molecule has 0 aromatic carbocycles. The van der Waals surface area contributed by atoms with E-state index in [0.29, 0.717) is 5.92 Å². The second-order valence-electron chi connectivity index (χ2n) is 4.25. The molecule has 0 amide bonds. The van der Waals surface area contributed by atoms with Crippen molar-refractivity contribution in [2.24, 2.45) is 5.92 Å². The Labute approximate surface area is 87.9 Å². The molecule has 2 atom stereocenters. The highest BCUT2D eigenvalue weighted by molar-refractivity contribution is 4.80. The van der Waals surface area contributed by atoms with Gasteiger partial charge in [0.25, 0.3) is 0 Å². The summed E-state index contributed by atoms with van der Waals surface area (Å²) in [6.07, 6.45) is -2.63. The largest absolute Gasteiger partial charge is 0.415 e. The van der Waals surface area contributed by atoms with Crippen LogP contribution in [0.4, 0.5) is 13.2 Å². The molecule has 0 heterocycles. The third-order valence-corrected chi connectivity index (χ3v) is 2.79. The molecule has 1 rings (SSSR count). The van der Waals surface area contributed by atoms with Crippen molar-refractivity contribution in [2.45, 2.75) is 50.9 Å². The number of nitrogens with one attached hydrogen (secondary N) is 1. The van der Waals surface area contributed by atoms with E-state index in [1.54, 1.807) is 0 Å². The molecule has 0 spiro atoms. The van der Waals surface area contributed by atoms with E-state index in [1.807, 2.05) is 6.92 Å². The van der Waals surface area contributed by atoms with E-state index in [4.69, 9.17) is 5.11 Å². The van der Waals surface area contributed by atoms with E-state index in [-0.39, 0.29) is 6.04 Å². The Balaban J connectivity index is 2.20. The standard InChI is InChI=1S/C10H18F3NO/c1-2-8(5-7-3-4-7)14-6-9(15)10(11,12)13/h7-9,14-15H,2-6H2,1H3. The number of hydrogen-bond donors (Lipinski definition) is 2. The van der Waals surface area contributed by atoms with Gasteiger partial charge in [-0.25, -0.2) is 0 Å². The first-order valence-electron chi connectivity index (χ1n) is 5.41. The lowest BCUT2D eigenvalue weighted by Gasteiger charge is -2.20. The fourth-order valence-electron chi connectivity index (χ4n) is 1.54. The van der Waals surface area contributed by atoms with E-state index in [2.05, 4.69) is 5.32 Å². The number of alkyl halides is 3. The Bertz CT molecular complexity index is 192. The van der Waals surface area contributed by atoms with Crippen LogP contribution in [-0.4, -0.2) is 30.0 Å². The van der Waals surface area contributed by atoms with E-state index in [1.165, 1.54) is 12.8 Å². The first kappa shape index (κ1) is 12.8. The van der Waals surface area contributed by atoms with Gasteiger partial charge in [-0.3, -0.25) is 0 Å². The van der Waals surface area contributed by atoms with Crippen LogP contribution in [0.25, 0.3) is 0 Å². The number of hydrogen-bond acceptors (Lipinski definition) is 2. The van der Waals surface area contributed by atoms with Crippen LogP contribution >= 0.6 is 0 Å². The van der Waals surface area contributed by atoms with Gasteiger partial charge in [-0.05, 0) is 18.8 Å². The molecule has 1 aliphatic rings. The Morgan fingerprint density at radius 1 is 1.40 bits per heavy atom. The van der Waals surface area contributed by atoms with Gasteiger partial charge in [-0.1, -0.05) is 19.8 Å². The highest BCUT2D eigenvalue weighted by atomic mass is 19.4. The van der Waals surface area contributed by atoms with Gasteiger partial charge in [-0.2, -0.15) is 13.2 Å². The average molecular weight is 225 g/mol. The molecule has 1 saturated carbocycles. The predicted molar refractivity (Wildman–Crippen MR) is 51.5 cm³/mol. The molecule has 0 aromatic rings. The van der Waals surface area contributed by atoms with Crippen molar-refractivity contribution >= 4 is 0 Å². The molecule has 2 nitrogen and oxygen atoms in total. The Morgan fingerprint density at radius 3 is 2.40 bits per heavy atom. The van der Waals surface area contributed by atoms with Crippen LogP contribution in [-0.2, 0) is 0 Å². The van der Waals surface area contributed by atoms with E-state index >= 15 is 0 Å². The maximum Gasteiger partial charge on any atom is 0.415 e. The summed E-state index contributed by atoms with van der Waals surface area (Å²) in [6, 6.07) is 0.106. The van der Waals surface area contributed by atoms with E-state index in [9.17, 15) is 13.2 Å². The smallest absolute Gasteiger partial charge is 0.382 e. The summed E-state index contributed by atoms with van der Waals surface area (Å²) in [5.74, 6) is 0.686. The number of halogens is 3. The summed E-state index contributed by atoms with van der Waals surface area (Å²) in [5, 5.41) is 11.6. The van der Waals surface area contributed by atoms with Gasteiger partial charge in [0.2, 0.25) is 0 Å². The highest BCUT2D eigenvalue weighted by Gasteiger charge is 2.38. The van der Waals surface area contributed by atoms with Gasteiger partial charge in [0, 0.05) is 12.6 Å². The number of aliphatic hydroxyl groups excluding tert-OH is 1. The van der Waals surface area contributed by atoms with Crippen molar-refractivity contribution in [3.63, 3.8) is 0 Å². The Morgan fingerprint density at radius 2 is 2.00 bits per heavy atom. The van der Waals surface area contributed by atoms with Crippen LogP contribution in [0, 0.1) is 5.92 Å². The molecule has 0 aliphatic heterocycles. The third-order valence-electron chi connectivity index (χ3n) is 2.79. The van der Waals surface area contributed by atoms with Gasteiger partial charge < -0.3 is 10.4 Å². The fourth-order valence-corrected chi connectivity index (χ4v) is 1.54. The SMILES string of the molecule is CCC(CC1CC1)NCC(O)C(F)(F)F. The van der Waals surface area contributed by atoms with Crippen LogP contribution in [0.15, 0.2) is 0 Å². The maximum absolute atomic E-state index is 12.0. The molecule has 15 heavy (non-hydrogen) atoms. The second-order valence-corrected chi connectivity index (χ2v) is 4.25. The first-order chi connectivity index (χ1) is 6.93. The van der Waals surface area contributed by atoms with Crippen molar-refractivity contribution in [3.8, 4) is 0 Å². The van der Waals surface area contributed by atoms with E-state index in [0.717, 1.165) is 12.8 Å². The van der Waals surface area contributed by atoms with Crippen molar-refractivity contribution in [2.75, 3.05) is 6.54 Å². The normalized spacial score (nSPS) is 21.4. The molecular formula is C10H18F3NO. The van der Waals surface area contributed by atoms with Crippen LogP contribution in [0.5, 0.6) is 0 Å². The topological polar surface area (TPSA) is 32.3 Å². The quantitative estimate of drug-likeness (QED) is 0.725. The van der Waals surface area contributed by atoms with Crippen LogP contribution in [0.3, 0.4) is 0 Å². The molecular weight excluding hydrogens is 207 g/mol. The number of aliphatic hydroxyl groups is 1. The van der Waals surface area contributed by atoms with Gasteiger partial charge in [-0.15, -0.1) is 0 Å². The zero-order valence-electron chi connectivity index (χ0n) is 8.85. The fraction of sp³-hybridized carbons (Fsp3) is 1.00. The minimum atomic E-state index is -4.51. The highest BCUT2D eigenvalue weighted by Crippen LogP contribution is 2.34. The van der Waals surface area contributed by atoms with Crippen molar-refractivity contribution < 1.29 is 18.3 Å². The van der Waals surface area contributed by atoms with Crippen LogP contribution < -0.4 is 5.32 Å². The summed E-state index contributed by atoms with van der Waals surface area (Å²) >= 11 is 0. The second kappa shape index (κ2) is 5.16.